The van der Waals surface area contributed by atoms with E-state index in [1.807, 2.05) is 0 Å². The van der Waals surface area contributed by atoms with Crippen LogP contribution in [0.5, 0.6) is 5.95 Å². The SMILES string of the molecule is COC[C@H]1O[C@@H](Oc2ccco2)C[C@@H](OC)[C@@H]1OC. The Bertz CT molecular complexity index is 352. The van der Waals surface area contributed by atoms with Gasteiger partial charge in [-0.1, -0.05) is 0 Å². The van der Waals surface area contributed by atoms with Gasteiger partial charge in [0.2, 0.25) is 6.29 Å². The van der Waals surface area contributed by atoms with Crippen LogP contribution in [0.3, 0.4) is 0 Å². The van der Waals surface area contributed by atoms with Crippen molar-refractivity contribution in [1.29, 1.82) is 0 Å². The van der Waals surface area contributed by atoms with E-state index in [1.54, 1.807) is 39.7 Å². The Hall–Kier alpha value is -1.08. The van der Waals surface area contributed by atoms with Crippen LogP contribution in [0.1, 0.15) is 6.42 Å². The van der Waals surface area contributed by atoms with Gasteiger partial charge in [-0.15, -0.1) is 0 Å². The molecule has 0 radical (unpaired) electrons. The van der Waals surface area contributed by atoms with Crippen molar-refractivity contribution in [3.05, 3.63) is 18.4 Å². The second-order valence-corrected chi connectivity index (χ2v) is 4.32. The highest BCUT2D eigenvalue weighted by atomic mass is 16.7. The van der Waals surface area contributed by atoms with Crippen LogP contribution in [0, 0.1) is 0 Å². The highest BCUT2D eigenvalue weighted by Gasteiger charge is 2.40. The fourth-order valence-corrected chi connectivity index (χ4v) is 2.26. The predicted molar refractivity (Wildman–Crippen MR) is 66.1 cm³/mol. The molecule has 6 nitrogen and oxygen atoms in total. The lowest BCUT2D eigenvalue weighted by molar-refractivity contribution is -0.245. The van der Waals surface area contributed by atoms with E-state index in [1.165, 1.54) is 0 Å². The fraction of sp³-hybridized carbons (Fsp3) is 0.692. The van der Waals surface area contributed by atoms with Gasteiger partial charge in [-0.3, -0.25) is 0 Å². The normalized spacial score (nSPS) is 31.3. The van der Waals surface area contributed by atoms with Crippen molar-refractivity contribution < 1.29 is 28.1 Å². The van der Waals surface area contributed by atoms with Gasteiger partial charge < -0.3 is 28.1 Å². The lowest BCUT2D eigenvalue weighted by Crippen LogP contribution is -2.53. The van der Waals surface area contributed by atoms with E-state index in [0.717, 1.165) is 0 Å². The first-order valence-corrected chi connectivity index (χ1v) is 6.18. The van der Waals surface area contributed by atoms with Crippen molar-refractivity contribution in [3.8, 4) is 5.95 Å². The first-order valence-electron chi connectivity index (χ1n) is 6.18. The number of furan rings is 1. The van der Waals surface area contributed by atoms with E-state index in [-0.39, 0.29) is 18.3 Å². The molecule has 0 bridgehead atoms. The highest BCUT2D eigenvalue weighted by molar-refractivity contribution is 5.04. The van der Waals surface area contributed by atoms with Gasteiger partial charge >= 0.3 is 0 Å². The molecular formula is C13H20O6. The summed E-state index contributed by atoms with van der Waals surface area (Å²) < 4.78 is 32.6. The zero-order valence-electron chi connectivity index (χ0n) is 11.4. The molecule has 108 valence electrons. The summed E-state index contributed by atoms with van der Waals surface area (Å²) in [5.41, 5.74) is 0. The Kier molecular flexibility index (Phi) is 5.21. The molecule has 19 heavy (non-hydrogen) atoms. The summed E-state index contributed by atoms with van der Waals surface area (Å²) in [5.74, 6) is 0.423. The zero-order chi connectivity index (χ0) is 13.7. The summed E-state index contributed by atoms with van der Waals surface area (Å²) in [6.07, 6.45) is 1.14. The molecule has 0 spiro atoms. The molecule has 2 heterocycles. The molecular weight excluding hydrogens is 252 g/mol. The Morgan fingerprint density at radius 2 is 2.11 bits per heavy atom. The van der Waals surface area contributed by atoms with Crippen LogP contribution < -0.4 is 4.74 Å². The fourth-order valence-electron chi connectivity index (χ4n) is 2.26. The highest BCUT2D eigenvalue weighted by Crippen LogP contribution is 2.27. The van der Waals surface area contributed by atoms with Gasteiger partial charge in [0.05, 0.1) is 19.0 Å². The van der Waals surface area contributed by atoms with Gasteiger partial charge in [0.15, 0.2) is 0 Å². The lowest BCUT2D eigenvalue weighted by atomic mass is 10.0. The molecule has 6 heteroatoms. The quantitative estimate of drug-likeness (QED) is 0.781. The Morgan fingerprint density at radius 3 is 2.68 bits per heavy atom. The summed E-state index contributed by atoms with van der Waals surface area (Å²) in [4.78, 5) is 0. The van der Waals surface area contributed by atoms with Crippen molar-refractivity contribution in [1.82, 2.24) is 0 Å². The van der Waals surface area contributed by atoms with E-state index >= 15 is 0 Å². The van der Waals surface area contributed by atoms with Crippen LogP contribution >= 0.6 is 0 Å². The maximum atomic E-state index is 5.82. The molecule has 0 saturated carbocycles. The minimum Gasteiger partial charge on any atom is -0.435 e. The number of rotatable bonds is 6. The first kappa shape index (κ1) is 14.3. The van der Waals surface area contributed by atoms with Crippen LogP contribution in [-0.4, -0.2) is 52.5 Å². The van der Waals surface area contributed by atoms with Gasteiger partial charge in [0, 0.05) is 33.8 Å². The summed E-state index contributed by atoms with van der Waals surface area (Å²) in [7, 11) is 4.90. The van der Waals surface area contributed by atoms with Gasteiger partial charge in [-0.2, -0.15) is 0 Å². The topological polar surface area (TPSA) is 59.3 Å². The van der Waals surface area contributed by atoms with E-state index in [9.17, 15) is 0 Å². The largest absolute Gasteiger partial charge is 0.435 e. The van der Waals surface area contributed by atoms with Crippen LogP contribution in [-0.2, 0) is 18.9 Å². The molecule has 1 aliphatic rings. The second kappa shape index (κ2) is 6.91. The molecule has 1 aromatic heterocycles. The van der Waals surface area contributed by atoms with Crippen LogP contribution in [0.4, 0.5) is 0 Å². The maximum Gasteiger partial charge on any atom is 0.286 e. The Balaban J connectivity index is 2.02. The summed E-state index contributed by atoms with van der Waals surface area (Å²) in [6, 6.07) is 3.50. The van der Waals surface area contributed by atoms with Gasteiger partial charge in [-0.05, 0) is 6.07 Å². The zero-order valence-corrected chi connectivity index (χ0v) is 11.4. The minimum atomic E-state index is -0.442. The third-order valence-corrected chi connectivity index (χ3v) is 3.13. The van der Waals surface area contributed by atoms with E-state index in [4.69, 9.17) is 28.1 Å². The average molecular weight is 272 g/mol. The minimum absolute atomic E-state index is 0.112. The molecule has 4 atom stereocenters. The van der Waals surface area contributed by atoms with Crippen LogP contribution in [0.15, 0.2) is 22.8 Å². The third kappa shape index (κ3) is 3.48. The molecule has 1 aliphatic heterocycles. The van der Waals surface area contributed by atoms with Crippen molar-refractivity contribution in [2.24, 2.45) is 0 Å². The molecule has 1 fully saturated rings. The number of hydrogen-bond acceptors (Lipinski definition) is 6. The summed E-state index contributed by atoms with van der Waals surface area (Å²) in [6.45, 7) is 0.413. The molecule has 1 aromatic rings. The molecule has 0 aromatic carbocycles. The van der Waals surface area contributed by atoms with Crippen LogP contribution in [0.2, 0.25) is 0 Å². The van der Waals surface area contributed by atoms with Crippen molar-refractivity contribution >= 4 is 0 Å². The van der Waals surface area contributed by atoms with Crippen molar-refractivity contribution in [2.75, 3.05) is 27.9 Å². The molecule has 2 rings (SSSR count). The van der Waals surface area contributed by atoms with Crippen molar-refractivity contribution in [3.63, 3.8) is 0 Å². The first-order chi connectivity index (χ1) is 9.28. The lowest BCUT2D eigenvalue weighted by Gasteiger charge is -2.39. The molecule has 0 amide bonds. The number of ether oxygens (including phenoxy) is 5. The molecule has 0 N–H and O–H groups in total. The molecule has 0 aliphatic carbocycles. The smallest absolute Gasteiger partial charge is 0.286 e. The van der Waals surface area contributed by atoms with Gasteiger partial charge in [-0.25, -0.2) is 0 Å². The monoisotopic (exact) mass is 272 g/mol. The average Bonchev–Trinajstić information content (AvgIpc) is 2.91. The summed E-state index contributed by atoms with van der Waals surface area (Å²) in [5, 5.41) is 0. The van der Waals surface area contributed by atoms with Gasteiger partial charge in [0.1, 0.15) is 12.2 Å². The standard InChI is InChI=1S/C13H20O6/c1-14-8-10-13(16-3)9(15-2)7-12(18-10)19-11-5-4-6-17-11/h4-6,9-10,12-13H,7-8H2,1-3H3/t9-,10-,12+,13+/m1/s1. The maximum absolute atomic E-state index is 5.82. The Morgan fingerprint density at radius 1 is 1.26 bits per heavy atom. The second-order valence-electron chi connectivity index (χ2n) is 4.32. The summed E-state index contributed by atoms with van der Waals surface area (Å²) >= 11 is 0. The molecule has 0 unspecified atom stereocenters. The van der Waals surface area contributed by atoms with E-state index in [0.29, 0.717) is 19.0 Å². The number of methoxy groups -OCH3 is 3. The predicted octanol–water partition coefficient (Wildman–Crippen LogP) is 1.45. The van der Waals surface area contributed by atoms with E-state index in [2.05, 4.69) is 0 Å². The van der Waals surface area contributed by atoms with Crippen LogP contribution in [0.25, 0.3) is 0 Å². The van der Waals surface area contributed by atoms with E-state index < -0.39 is 6.29 Å². The van der Waals surface area contributed by atoms with Gasteiger partial charge in [0.25, 0.3) is 5.95 Å². The van der Waals surface area contributed by atoms with Crippen molar-refractivity contribution in [2.45, 2.75) is 31.0 Å². The Labute approximate surface area is 112 Å². The molecule has 1 saturated heterocycles. The number of hydrogen-bond donors (Lipinski definition) is 0. The third-order valence-electron chi connectivity index (χ3n) is 3.13.